The van der Waals surface area contributed by atoms with Crippen LogP contribution in [-0.4, -0.2) is 45.7 Å². The summed E-state index contributed by atoms with van der Waals surface area (Å²) >= 11 is 0. The maximum absolute atomic E-state index is 13.6. The number of ether oxygens (including phenoxy) is 2. The van der Waals surface area contributed by atoms with E-state index in [1.165, 1.54) is 60.6 Å². The van der Waals surface area contributed by atoms with Gasteiger partial charge in [0.05, 0.1) is 18.9 Å². The molecule has 59 heavy (non-hydrogen) atoms. The maximum atomic E-state index is 13.6. The number of allylic oxidation sites excluding steroid dienone is 3. The van der Waals surface area contributed by atoms with E-state index in [0.29, 0.717) is 17.6 Å². The summed E-state index contributed by atoms with van der Waals surface area (Å²) < 4.78 is 11.1. The lowest BCUT2D eigenvalue weighted by Crippen LogP contribution is -2.24. The zero-order valence-corrected chi connectivity index (χ0v) is 37.6. The third kappa shape index (κ3) is 9.15. The number of aromatic nitrogens is 3. The van der Waals surface area contributed by atoms with E-state index in [0.717, 1.165) is 88.0 Å². The Balaban J connectivity index is 1.33. The Kier molecular flexibility index (Phi) is 14.1. The molecule has 8 bridgehead atoms. The van der Waals surface area contributed by atoms with Crippen molar-refractivity contribution in [3.05, 3.63) is 89.9 Å². The van der Waals surface area contributed by atoms with Gasteiger partial charge in [0.25, 0.3) is 0 Å². The molecule has 9 nitrogen and oxygen atoms in total. The van der Waals surface area contributed by atoms with E-state index in [-0.39, 0.29) is 30.8 Å². The quantitative estimate of drug-likeness (QED) is 0.0726. The van der Waals surface area contributed by atoms with Gasteiger partial charge in [-0.15, -0.1) is 0 Å². The Bertz CT molecular complexity index is 2260. The molecule has 9 heteroatoms. The average molecular weight is 807 g/mol. The number of aromatic amines is 3. The summed E-state index contributed by atoms with van der Waals surface area (Å²) in [6, 6.07) is 0. The predicted octanol–water partition coefficient (Wildman–Crippen LogP) is 9.04. The van der Waals surface area contributed by atoms with Crippen LogP contribution in [0.25, 0.3) is 23.8 Å². The second-order valence-electron chi connectivity index (χ2n) is 18.0. The molecular formula is C50H70N4O5. The fourth-order valence-corrected chi connectivity index (χ4v) is 9.89. The number of hydrogen-bond donors (Lipinski definition) is 5. The minimum absolute atomic E-state index is 0.0300. The lowest BCUT2D eigenvalue weighted by molar-refractivity contribution is -0.146. The molecule has 5 heterocycles. The summed E-state index contributed by atoms with van der Waals surface area (Å²) in [6.45, 7) is 22.2. The van der Waals surface area contributed by atoms with Crippen molar-refractivity contribution in [2.75, 3.05) is 13.7 Å². The largest absolute Gasteiger partial charge is 0.468 e. The molecule has 2 aliphatic heterocycles. The Morgan fingerprint density at radius 2 is 1.54 bits per heavy atom. The molecule has 1 saturated heterocycles. The van der Waals surface area contributed by atoms with E-state index < -0.39 is 18.0 Å². The predicted molar refractivity (Wildman–Crippen MR) is 239 cm³/mol. The highest BCUT2D eigenvalue weighted by Gasteiger charge is 2.48. The standard InChI is InChI=1S/C50H70N4O5/c1-12-34-30(7)37-24-39-32(9)36(20-21-43(55)59-23-22-29(6)19-15-18-28(5)17-14-16-27(3)4)47(53-39)45-46(50(57)58-11)49(56)44-33(10)40(54-48(44)45)26-42-35(13-2)31(8)38(52-42)25-41(34)51-37/h22,24-28,32,36,46,49,51-54,56H,12-21,23H2,1-11H3/b29-22-,38-25-,39-24-,42-26-,47-45-/t28-,32-,36-,46+,49-/m0/s1. The molecule has 1 aliphatic carbocycles. The summed E-state index contributed by atoms with van der Waals surface area (Å²) in [4.78, 5) is 38.1. The molecule has 0 radical (unpaired) electrons. The van der Waals surface area contributed by atoms with Crippen LogP contribution in [0.2, 0.25) is 0 Å². The third-order valence-corrected chi connectivity index (χ3v) is 13.6. The van der Waals surface area contributed by atoms with Gasteiger partial charge in [0.2, 0.25) is 0 Å². The van der Waals surface area contributed by atoms with Crippen LogP contribution >= 0.6 is 0 Å². The highest BCUT2D eigenvalue weighted by atomic mass is 16.5. The SMILES string of the molecule is CCc1c2[nH]c(c1C)/C=C1\N/C(=C3\c4[nH]c(c(C)c4[C@H](O)[C@@H]3C(=O)OC)/C=c3\[nH]/c(c(C)c3CC)=C\2)[C@@H](CCC(=O)OC/C=C(/C)CCC[C@@H](C)CCCC(C)C)[C@@H]1C. The molecule has 3 aromatic heterocycles. The molecule has 3 aromatic rings. The van der Waals surface area contributed by atoms with E-state index in [1.807, 2.05) is 13.0 Å². The molecule has 0 saturated carbocycles. The Morgan fingerprint density at radius 1 is 0.847 bits per heavy atom. The molecule has 5 atom stereocenters. The summed E-state index contributed by atoms with van der Waals surface area (Å²) in [7, 11) is 1.37. The first kappa shape index (κ1) is 44.1. The van der Waals surface area contributed by atoms with Crippen LogP contribution in [0.3, 0.4) is 0 Å². The van der Waals surface area contributed by atoms with Gasteiger partial charge in [-0.3, -0.25) is 9.59 Å². The van der Waals surface area contributed by atoms with Crippen molar-refractivity contribution < 1.29 is 24.2 Å². The van der Waals surface area contributed by atoms with Crippen molar-refractivity contribution in [1.82, 2.24) is 20.3 Å². The van der Waals surface area contributed by atoms with Crippen molar-refractivity contribution in [1.29, 1.82) is 0 Å². The summed E-state index contributed by atoms with van der Waals surface area (Å²) in [6.07, 6.45) is 17.2. The number of methoxy groups -OCH3 is 1. The molecule has 5 N–H and O–H groups in total. The monoisotopic (exact) mass is 807 g/mol. The van der Waals surface area contributed by atoms with Crippen molar-refractivity contribution in [3.8, 4) is 0 Å². The number of aliphatic hydroxyl groups is 1. The number of fused-ring (bicyclic) bond motifs is 7. The molecule has 0 amide bonds. The van der Waals surface area contributed by atoms with Crippen LogP contribution in [-0.2, 0) is 31.9 Å². The molecule has 3 aliphatic rings. The van der Waals surface area contributed by atoms with Gasteiger partial charge < -0.3 is 34.8 Å². The van der Waals surface area contributed by atoms with E-state index in [2.05, 4.69) is 101 Å². The van der Waals surface area contributed by atoms with Crippen molar-refractivity contribution in [3.63, 3.8) is 0 Å². The molecule has 1 fully saturated rings. The first-order valence-corrected chi connectivity index (χ1v) is 22.3. The van der Waals surface area contributed by atoms with Crippen molar-refractivity contribution in [2.45, 2.75) is 140 Å². The minimum atomic E-state index is -1.10. The smallest absolute Gasteiger partial charge is 0.316 e. The molecule has 320 valence electrons. The lowest BCUT2D eigenvalue weighted by atomic mass is 9.84. The maximum Gasteiger partial charge on any atom is 0.316 e. The average Bonchev–Trinajstić information content (AvgIpc) is 3.94. The highest BCUT2D eigenvalue weighted by Crippen LogP contribution is 2.52. The summed E-state index contributed by atoms with van der Waals surface area (Å²) in [5.74, 6) is -0.363. The van der Waals surface area contributed by atoms with E-state index >= 15 is 0 Å². The van der Waals surface area contributed by atoms with Gasteiger partial charge in [-0.05, 0) is 124 Å². The zero-order chi connectivity index (χ0) is 42.7. The highest BCUT2D eigenvalue weighted by molar-refractivity contribution is 5.95. The van der Waals surface area contributed by atoms with E-state index in [9.17, 15) is 14.7 Å². The molecule has 0 unspecified atom stereocenters. The van der Waals surface area contributed by atoms with Gasteiger partial charge in [0.15, 0.2) is 0 Å². The first-order chi connectivity index (χ1) is 28.2. The molecule has 0 aromatic carbocycles. The Labute approximate surface area is 351 Å². The van der Waals surface area contributed by atoms with Crippen LogP contribution in [0.5, 0.6) is 0 Å². The lowest BCUT2D eigenvalue weighted by Gasteiger charge is -2.21. The van der Waals surface area contributed by atoms with Gasteiger partial charge in [-0.2, -0.15) is 0 Å². The fourth-order valence-electron chi connectivity index (χ4n) is 9.89. The van der Waals surface area contributed by atoms with Gasteiger partial charge >= 0.3 is 11.9 Å². The van der Waals surface area contributed by atoms with Gasteiger partial charge in [0.1, 0.15) is 12.5 Å². The minimum Gasteiger partial charge on any atom is -0.468 e. The van der Waals surface area contributed by atoms with Gasteiger partial charge in [0, 0.05) is 68.6 Å². The number of rotatable bonds is 16. The Hall–Kier alpha value is -4.50. The van der Waals surface area contributed by atoms with Gasteiger partial charge in [-0.1, -0.05) is 72.8 Å². The van der Waals surface area contributed by atoms with Crippen LogP contribution in [0.15, 0.2) is 23.0 Å². The number of esters is 2. The summed E-state index contributed by atoms with van der Waals surface area (Å²) in [5.41, 5.74) is 13.9. The van der Waals surface area contributed by atoms with Gasteiger partial charge in [-0.25, -0.2) is 0 Å². The third-order valence-electron chi connectivity index (χ3n) is 13.6. The molecule has 6 rings (SSSR count). The number of carbonyl (C=O) groups is 2. The van der Waals surface area contributed by atoms with Crippen molar-refractivity contribution in [2.24, 2.45) is 29.6 Å². The second kappa shape index (κ2) is 18.8. The van der Waals surface area contributed by atoms with Crippen LogP contribution < -0.4 is 16.0 Å². The Morgan fingerprint density at radius 3 is 2.24 bits per heavy atom. The number of hydrogen-bond acceptors (Lipinski definition) is 6. The van der Waals surface area contributed by atoms with E-state index in [4.69, 9.17) is 9.47 Å². The molecule has 0 spiro atoms. The van der Waals surface area contributed by atoms with Crippen LogP contribution in [0.1, 0.15) is 162 Å². The first-order valence-electron chi connectivity index (χ1n) is 22.3. The van der Waals surface area contributed by atoms with Crippen molar-refractivity contribution >= 4 is 35.7 Å². The normalized spacial score (nSPS) is 23.6. The topological polar surface area (TPSA) is 132 Å². The van der Waals surface area contributed by atoms with Crippen LogP contribution in [0, 0.1) is 50.4 Å². The zero-order valence-electron chi connectivity index (χ0n) is 37.6. The van der Waals surface area contributed by atoms with E-state index in [1.54, 1.807) is 0 Å². The number of nitrogens with one attached hydrogen (secondary N) is 4. The number of aliphatic hydroxyl groups excluding tert-OH is 1. The number of H-pyrrole nitrogens is 3. The molecular weight excluding hydrogens is 737 g/mol. The fraction of sp³-hybridized carbons (Fsp3) is 0.560. The van der Waals surface area contributed by atoms with Crippen LogP contribution in [0.4, 0.5) is 0 Å². The summed E-state index contributed by atoms with van der Waals surface area (Å²) in [5, 5.41) is 17.8. The number of carbonyl (C=O) groups excluding carboxylic acids is 2. The second-order valence-corrected chi connectivity index (χ2v) is 18.0.